The summed E-state index contributed by atoms with van der Waals surface area (Å²) in [6, 6.07) is 0. The van der Waals surface area contributed by atoms with E-state index in [0.717, 1.165) is 12.8 Å². The molecule has 0 nitrogen and oxygen atoms in total. The number of allylic oxidation sites excluding steroid dienone is 8. The first-order valence-electron chi connectivity index (χ1n) is 4.92. The molecular weight excluding hydrogens is 156 g/mol. The lowest BCUT2D eigenvalue weighted by molar-refractivity contribution is 1.11. The third kappa shape index (κ3) is 1.41. The van der Waals surface area contributed by atoms with Gasteiger partial charge in [0.05, 0.1) is 0 Å². The fourth-order valence-electron chi connectivity index (χ4n) is 2.04. The molecule has 0 bridgehead atoms. The molecule has 0 heteroatoms. The lowest BCUT2D eigenvalue weighted by Crippen LogP contribution is -1.87. The van der Waals surface area contributed by atoms with Crippen LogP contribution in [0.3, 0.4) is 0 Å². The fourth-order valence-corrected chi connectivity index (χ4v) is 2.04. The summed E-state index contributed by atoms with van der Waals surface area (Å²) in [7, 11) is 0. The molecule has 0 aliphatic heterocycles. The normalized spacial score (nSPS) is 21.9. The minimum Gasteiger partial charge on any atom is -0.0769 e. The molecule has 0 heterocycles. The van der Waals surface area contributed by atoms with E-state index in [4.69, 9.17) is 0 Å². The Balaban J connectivity index is 2.23. The van der Waals surface area contributed by atoms with Gasteiger partial charge in [0.1, 0.15) is 0 Å². The maximum Gasteiger partial charge on any atom is -0.00638 e. The third-order valence-electron chi connectivity index (χ3n) is 3.08. The van der Waals surface area contributed by atoms with Crippen molar-refractivity contribution < 1.29 is 0 Å². The fraction of sp³-hybridized carbons (Fsp3) is 0.385. The molecule has 0 aromatic carbocycles. The predicted molar refractivity (Wildman–Crippen MR) is 57.5 cm³/mol. The minimum atomic E-state index is 1.14. The highest BCUT2D eigenvalue weighted by Crippen LogP contribution is 2.35. The van der Waals surface area contributed by atoms with Gasteiger partial charge in [0.15, 0.2) is 0 Å². The van der Waals surface area contributed by atoms with Crippen LogP contribution >= 0.6 is 0 Å². The summed E-state index contributed by atoms with van der Waals surface area (Å²) in [5.41, 5.74) is 7.53. The second-order valence-electron chi connectivity index (χ2n) is 4.08. The summed E-state index contributed by atoms with van der Waals surface area (Å²) in [5, 5.41) is 0. The van der Waals surface area contributed by atoms with Crippen molar-refractivity contribution >= 4 is 0 Å². The number of hydrogen-bond donors (Lipinski definition) is 0. The summed E-state index contributed by atoms with van der Waals surface area (Å²) < 4.78 is 0. The van der Waals surface area contributed by atoms with E-state index in [1.54, 1.807) is 5.57 Å². The average molecular weight is 172 g/mol. The van der Waals surface area contributed by atoms with Crippen LogP contribution in [0.1, 0.15) is 33.6 Å². The van der Waals surface area contributed by atoms with Gasteiger partial charge in [-0.25, -0.2) is 0 Å². The van der Waals surface area contributed by atoms with Crippen LogP contribution in [0.25, 0.3) is 0 Å². The molecule has 68 valence electrons. The lowest BCUT2D eigenvalue weighted by Gasteiger charge is -2.06. The summed E-state index contributed by atoms with van der Waals surface area (Å²) in [6.07, 6.45) is 9.15. The molecular formula is C13H16. The molecule has 13 heavy (non-hydrogen) atoms. The topological polar surface area (TPSA) is 0 Å². The summed E-state index contributed by atoms with van der Waals surface area (Å²) in [5.74, 6) is 0. The van der Waals surface area contributed by atoms with Crippen LogP contribution < -0.4 is 0 Å². The molecule has 0 atom stereocenters. The van der Waals surface area contributed by atoms with Crippen LogP contribution in [0.15, 0.2) is 46.1 Å². The molecule has 0 saturated carbocycles. The van der Waals surface area contributed by atoms with Gasteiger partial charge >= 0.3 is 0 Å². The second-order valence-corrected chi connectivity index (χ2v) is 4.08. The Morgan fingerprint density at radius 2 is 1.85 bits per heavy atom. The zero-order valence-electron chi connectivity index (χ0n) is 8.65. The monoisotopic (exact) mass is 172 g/mol. The van der Waals surface area contributed by atoms with Gasteiger partial charge in [0.2, 0.25) is 0 Å². The first kappa shape index (κ1) is 8.55. The van der Waals surface area contributed by atoms with Crippen molar-refractivity contribution in [2.45, 2.75) is 33.6 Å². The highest BCUT2D eigenvalue weighted by molar-refractivity contribution is 5.53. The van der Waals surface area contributed by atoms with E-state index in [2.05, 4.69) is 39.0 Å². The minimum absolute atomic E-state index is 1.14. The van der Waals surface area contributed by atoms with Gasteiger partial charge in [0.25, 0.3) is 0 Å². The molecule has 0 saturated heterocycles. The van der Waals surface area contributed by atoms with E-state index in [0.29, 0.717) is 0 Å². The van der Waals surface area contributed by atoms with Crippen molar-refractivity contribution in [2.75, 3.05) is 0 Å². The number of rotatable bonds is 1. The smallest absolute Gasteiger partial charge is 0.00638 e. The average Bonchev–Trinajstić information content (AvgIpc) is 2.62. The van der Waals surface area contributed by atoms with E-state index in [-0.39, 0.29) is 0 Å². The summed E-state index contributed by atoms with van der Waals surface area (Å²) in [4.78, 5) is 0. The Labute approximate surface area is 80.3 Å². The van der Waals surface area contributed by atoms with Crippen molar-refractivity contribution in [1.29, 1.82) is 0 Å². The van der Waals surface area contributed by atoms with Gasteiger partial charge in [-0.3, -0.25) is 0 Å². The molecule has 0 radical (unpaired) electrons. The van der Waals surface area contributed by atoms with Crippen LogP contribution in [0.2, 0.25) is 0 Å². The third-order valence-corrected chi connectivity index (χ3v) is 3.08. The summed E-state index contributed by atoms with van der Waals surface area (Å²) in [6.45, 7) is 6.65. The Kier molecular flexibility index (Phi) is 1.99. The second kappa shape index (κ2) is 3.02. The first-order valence-corrected chi connectivity index (χ1v) is 4.92. The van der Waals surface area contributed by atoms with Crippen LogP contribution in [0.4, 0.5) is 0 Å². The van der Waals surface area contributed by atoms with Gasteiger partial charge in [-0.2, -0.15) is 0 Å². The van der Waals surface area contributed by atoms with Gasteiger partial charge in [-0.1, -0.05) is 29.4 Å². The van der Waals surface area contributed by atoms with Crippen LogP contribution in [0.5, 0.6) is 0 Å². The maximum absolute atomic E-state index is 2.33. The molecule has 0 aromatic heterocycles. The van der Waals surface area contributed by atoms with Crippen LogP contribution in [-0.4, -0.2) is 0 Å². The molecule has 2 aliphatic rings. The SMILES string of the molecule is CC1=CC=C(C2=C(C)C(C)=CC2)C1. The quantitative estimate of drug-likeness (QED) is 0.562. The summed E-state index contributed by atoms with van der Waals surface area (Å²) >= 11 is 0. The highest BCUT2D eigenvalue weighted by Gasteiger charge is 2.16. The molecule has 2 rings (SSSR count). The molecule has 0 fully saturated rings. The zero-order chi connectivity index (χ0) is 9.42. The van der Waals surface area contributed by atoms with Crippen molar-refractivity contribution in [3.8, 4) is 0 Å². The van der Waals surface area contributed by atoms with Gasteiger partial charge in [0, 0.05) is 0 Å². The van der Waals surface area contributed by atoms with E-state index in [1.165, 1.54) is 22.3 Å². The molecule has 2 aliphatic carbocycles. The van der Waals surface area contributed by atoms with Crippen molar-refractivity contribution in [3.05, 3.63) is 46.1 Å². The van der Waals surface area contributed by atoms with Crippen molar-refractivity contribution in [2.24, 2.45) is 0 Å². The molecule has 0 spiro atoms. The molecule has 0 amide bonds. The van der Waals surface area contributed by atoms with Crippen molar-refractivity contribution in [1.82, 2.24) is 0 Å². The lowest BCUT2D eigenvalue weighted by atomic mass is 9.99. The highest BCUT2D eigenvalue weighted by atomic mass is 14.2. The Morgan fingerprint density at radius 3 is 2.31 bits per heavy atom. The van der Waals surface area contributed by atoms with E-state index in [1.807, 2.05) is 0 Å². The van der Waals surface area contributed by atoms with Crippen LogP contribution in [0, 0.1) is 0 Å². The molecule has 0 aromatic rings. The molecule has 0 N–H and O–H groups in total. The largest absolute Gasteiger partial charge is 0.0769 e. The van der Waals surface area contributed by atoms with E-state index >= 15 is 0 Å². The van der Waals surface area contributed by atoms with Gasteiger partial charge < -0.3 is 0 Å². The van der Waals surface area contributed by atoms with E-state index in [9.17, 15) is 0 Å². The molecule has 0 unspecified atom stereocenters. The Morgan fingerprint density at radius 1 is 1.08 bits per heavy atom. The predicted octanol–water partition coefficient (Wildman–Crippen LogP) is 3.93. The number of hydrogen-bond acceptors (Lipinski definition) is 0. The standard InChI is InChI=1S/C13H16/c1-9-4-6-12(8-9)13-7-5-10(2)11(13)3/h4-6H,7-8H2,1-3H3. The van der Waals surface area contributed by atoms with Crippen LogP contribution in [-0.2, 0) is 0 Å². The maximum atomic E-state index is 2.33. The first-order chi connectivity index (χ1) is 6.18. The van der Waals surface area contributed by atoms with Gasteiger partial charge in [-0.05, 0) is 50.3 Å². The van der Waals surface area contributed by atoms with Crippen molar-refractivity contribution in [3.63, 3.8) is 0 Å². The Bertz CT molecular complexity index is 359. The van der Waals surface area contributed by atoms with E-state index < -0.39 is 0 Å². The Hall–Kier alpha value is -1.04. The van der Waals surface area contributed by atoms with Gasteiger partial charge in [-0.15, -0.1) is 0 Å². The zero-order valence-corrected chi connectivity index (χ0v) is 8.65.